The van der Waals surface area contributed by atoms with E-state index in [1.54, 1.807) is 6.08 Å². The Morgan fingerprint density at radius 3 is 2.47 bits per heavy atom. The molecule has 1 aromatic carbocycles. The van der Waals surface area contributed by atoms with E-state index in [-0.39, 0.29) is 35.1 Å². The highest BCUT2D eigenvalue weighted by Gasteiger charge is 2.58. The molecular weight excluding hydrogens is 511 g/mol. The van der Waals surface area contributed by atoms with Crippen molar-refractivity contribution in [2.24, 2.45) is 17.8 Å². The maximum Gasteiger partial charge on any atom is 0.573 e. The fourth-order valence-electron chi connectivity index (χ4n) is 5.95. The topological polar surface area (TPSA) is 127 Å². The third-order valence-electron chi connectivity index (χ3n) is 7.47. The quantitative estimate of drug-likeness (QED) is 0.349. The minimum atomic E-state index is -5.03. The van der Waals surface area contributed by atoms with Crippen molar-refractivity contribution < 1.29 is 51.7 Å². The van der Waals surface area contributed by atoms with Crippen molar-refractivity contribution in [2.45, 2.75) is 32.0 Å². The van der Waals surface area contributed by atoms with Gasteiger partial charge in [0.05, 0.1) is 18.9 Å². The summed E-state index contributed by atoms with van der Waals surface area (Å²) in [7, 11) is 1.02. The van der Waals surface area contributed by atoms with Crippen LogP contribution in [-0.4, -0.2) is 53.0 Å². The number of fused-ring (bicyclic) bond motifs is 3. The van der Waals surface area contributed by atoms with Gasteiger partial charge in [-0.05, 0) is 50.0 Å². The number of halogens is 3. The van der Waals surface area contributed by atoms with Gasteiger partial charge >= 0.3 is 12.5 Å². The molecule has 0 radical (unpaired) electrons. The molecular formula is C26H20F3NO8. The second-order valence-corrected chi connectivity index (χ2v) is 9.48. The summed E-state index contributed by atoms with van der Waals surface area (Å²) in [6.07, 6.45) is -3.58. The summed E-state index contributed by atoms with van der Waals surface area (Å²) in [6.45, 7) is 1.43. The number of carbonyl (C=O) groups is 5. The van der Waals surface area contributed by atoms with Crippen molar-refractivity contribution in [3.8, 4) is 11.5 Å². The summed E-state index contributed by atoms with van der Waals surface area (Å²) in [6, 6.07) is 2.81. The summed E-state index contributed by atoms with van der Waals surface area (Å²) in [5.41, 5.74) is 0.376. The van der Waals surface area contributed by atoms with Crippen molar-refractivity contribution in [2.75, 3.05) is 7.11 Å². The number of benzene rings is 1. The molecule has 0 saturated carbocycles. The molecule has 198 valence electrons. The van der Waals surface area contributed by atoms with Crippen LogP contribution in [0.3, 0.4) is 0 Å². The van der Waals surface area contributed by atoms with Gasteiger partial charge < -0.3 is 14.6 Å². The number of amides is 3. The third-order valence-corrected chi connectivity index (χ3v) is 7.47. The van der Waals surface area contributed by atoms with Crippen LogP contribution in [0.4, 0.5) is 18.0 Å². The number of alkyl halides is 3. The molecule has 1 heterocycles. The van der Waals surface area contributed by atoms with E-state index in [0.717, 1.165) is 31.4 Å². The number of likely N-dealkylation sites (tertiary alicyclic amines) is 1. The fourth-order valence-corrected chi connectivity index (χ4v) is 5.95. The first-order chi connectivity index (χ1) is 17.8. The van der Waals surface area contributed by atoms with E-state index in [4.69, 9.17) is 0 Å². The molecule has 1 aromatic rings. The van der Waals surface area contributed by atoms with Gasteiger partial charge in [0.15, 0.2) is 11.6 Å². The van der Waals surface area contributed by atoms with Gasteiger partial charge in [-0.15, -0.1) is 13.2 Å². The molecule has 1 N–H and O–H groups in total. The van der Waals surface area contributed by atoms with Gasteiger partial charge in [-0.2, -0.15) is 4.90 Å². The van der Waals surface area contributed by atoms with E-state index in [0.29, 0.717) is 10.5 Å². The number of hydrogen-bond donors (Lipinski definition) is 1. The first-order valence-corrected chi connectivity index (χ1v) is 11.6. The van der Waals surface area contributed by atoms with Crippen molar-refractivity contribution in [1.82, 2.24) is 4.90 Å². The number of imide groups is 3. The van der Waals surface area contributed by atoms with Gasteiger partial charge in [-0.25, -0.2) is 4.79 Å². The Kier molecular flexibility index (Phi) is 5.80. The SMILES string of the molecule is COC(=O)N1C(=O)C2CC=C3C(c4cc(OC(F)(F)F)ccc4O)C4=C(CC3C2C1=O)C(=O)C=C(C)C4=O. The van der Waals surface area contributed by atoms with E-state index >= 15 is 0 Å². The first-order valence-electron chi connectivity index (χ1n) is 11.6. The maximum atomic E-state index is 13.3. The normalized spacial score (nSPS) is 26.9. The summed E-state index contributed by atoms with van der Waals surface area (Å²) >= 11 is 0. The van der Waals surface area contributed by atoms with Crippen molar-refractivity contribution >= 4 is 29.5 Å². The number of carbonyl (C=O) groups excluding carboxylic acids is 5. The second kappa shape index (κ2) is 8.67. The number of hydrogen-bond acceptors (Lipinski definition) is 8. The van der Waals surface area contributed by atoms with Crippen LogP contribution in [-0.2, 0) is 23.9 Å². The molecule has 38 heavy (non-hydrogen) atoms. The number of ether oxygens (including phenoxy) is 2. The number of phenols is 1. The minimum Gasteiger partial charge on any atom is -0.508 e. The van der Waals surface area contributed by atoms with Gasteiger partial charge in [-0.1, -0.05) is 11.6 Å². The van der Waals surface area contributed by atoms with Gasteiger partial charge in [0, 0.05) is 28.2 Å². The lowest BCUT2D eigenvalue weighted by Gasteiger charge is -2.42. The number of aromatic hydroxyl groups is 1. The highest BCUT2D eigenvalue weighted by molar-refractivity contribution is 6.24. The molecule has 4 atom stereocenters. The molecule has 12 heteroatoms. The number of rotatable bonds is 2. The van der Waals surface area contributed by atoms with Crippen LogP contribution >= 0.6 is 0 Å². The molecule has 3 amide bonds. The van der Waals surface area contributed by atoms with E-state index in [1.165, 1.54) is 6.92 Å². The molecule has 0 aromatic heterocycles. The van der Waals surface area contributed by atoms with E-state index in [2.05, 4.69) is 9.47 Å². The summed E-state index contributed by atoms with van der Waals surface area (Å²) < 4.78 is 47.5. The van der Waals surface area contributed by atoms with Crippen LogP contribution < -0.4 is 4.74 Å². The molecule has 9 nitrogen and oxygen atoms in total. The van der Waals surface area contributed by atoms with E-state index in [1.807, 2.05) is 0 Å². The summed E-state index contributed by atoms with van der Waals surface area (Å²) in [5, 5.41) is 10.7. The number of allylic oxidation sites excluding steroid dienone is 6. The molecule has 1 aliphatic heterocycles. The number of Topliss-reactive ketones (excluding diaryl/α,β-unsaturated/α-hetero) is 1. The zero-order valence-corrected chi connectivity index (χ0v) is 20.0. The Morgan fingerprint density at radius 1 is 1.11 bits per heavy atom. The van der Waals surface area contributed by atoms with Crippen LogP contribution in [0.5, 0.6) is 11.5 Å². The van der Waals surface area contributed by atoms with Crippen LogP contribution in [0, 0.1) is 17.8 Å². The molecule has 1 fully saturated rings. The van der Waals surface area contributed by atoms with E-state index < -0.39 is 71.0 Å². The molecule has 0 bridgehead atoms. The van der Waals surface area contributed by atoms with Gasteiger partial charge in [0.2, 0.25) is 11.8 Å². The predicted octanol–water partition coefficient (Wildman–Crippen LogP) is 3.49. The Bertz CT molecular complexity index is 1420. The molecule has 1 saturated heterocycles. The van der Waals surface area contributed by atoms with Crippen molar-refractivity contribution in [3.63, 3.8) is 0 Å². The highest BCUT2D eigenvalue weighted by atomic mass is 19.4. The minimum absolute atomic E-state index is 0.00978. The first kappa shape index (κ1) is 25.4. The third kappa shape index (κ3) is 3.82. The van der Waals surface area contributed by atoms with Crippen LogP contribution in [0.25, 0.3) is 0 Å². The van der Waals surface area contributed by atoms with Crippen molar-refractivity contribution in [3.05, 3.63) is 58.2 Å². The average Bonchev–Trinajstić information content (AvgIpc) is 3.11. The Hall–Kier alpha value is -4.22. The number of ketones is 2. The van der Waals surface area contributed by atoms with Gasteiger partial charge in [0.25, 0.3) is 0 Å². The van der Waals surface area contributed by atoms with Crippen LogP contribution in [0.15, 0.2) is 52.6 Å². The smallest absolute Gasteiger partial charge is 0.508 e. The lowest BCUT2D eigenvalue weighted by Crippen LogP contribution is -2.40. The Labute approximate surface area is 213 Å². The standard InChI is InChI=1S/C26H20F3NO8/c1-10-7-18(32)16-9-14-12(4-5-13-20(14)24(35)30(23(13)34)25(36)37-2)19(21(16)22(10)33)15-8-11(3-6-17(15)31)38-26(27,28)29/h3-4,6-8,13-14,19-20,31H,5,9H2,1-2H3. The number of methoxy groups -OCH3 is 1. The molecule has 3 aliphatic carbocycles. The van der Waals surface area contributed by atoms with Crippen LogP contribution in [0.1, 0.15) is 31.2 Å². The number of phenolic OH excluding ortho intramolecular Hbond substituents is 1. The highest BCUT2D eigenvalue weighted by Crippen LogP contribution is 2.56. The lowest BCUT2D eigenvalue weighted by molar-refractivity contribution is -0.274. The molecule has 0 spiro atoms. The fraction of sp³-hybridized carbons (Fsp3) is 0.346. The number of nitrogens with zero attached hydrogens (tertiary/aromatic N) is 1. The van der Waals surface area contributed by atoms with Crippen molar-refractivity contribution in [1.29, 1.82) is 0 Å². The average molecular weight is 531 g/mol. The Balaban J connectivity index is 1.69. The van der Waals surface area contributed by atoms with Crippen LogP contribution in [0.2, 0.25) is 0 Å². The second-order valence-electron chi connectivity index (χ2n) is 9.48. The van der Waals surface area contributed by atoms with Gasteiger partial charge in [-0.3, -0.25) is 19.2 Å². The molecule has 4 unspecified atom stereocenters. The summed E-state index contributed by atoms with van der Waals surface area (Å²) in [4.78, 5) is 65.2. The molecule has 4 aliphatic rings. The monoisotopic (exact) mass is 531 g/mol. The predicted molar refractivity (Wildman–Crippen MR) is 120 cm³/mol. The zero-order chi connectivity index (χ0) is 27.7. The largest absolute Gasteiger partial charge is 0.573 e. The summed E-state index contributed by atoms with van der Waals surface area (Å²) in [5.74, 6) is -7.82. The lowest BCUT2D eigenvalue weighted by atomic mass is 9.59. The van der Waals surface area contributed by atoms with E-state index in [9.17, 15) is 42.3 Å². The molecule has 5 rings (SSSR count). The Morgan fingerprint density at radius 2 is 1.82 bits per heavy atom. The van der Waals surface area contributed by atoms with Gasteiger partial charge in [0.1, 0.15) is 11.5 Å². The maximum absolute atomic E-state index is 13.3. The zero-order valence-electron chi connectivity index (χ0n) is 20.0.